The summed E-state index contributed by atoms with van der Waals surface area (Å²) < 4.78 is 5.76. The predicted octanol–water partition coefficient (Wildman–Crippen LogP) is 2.55. The molecule has 1 aliphatic rings. The van der Waals surface area contributed by atoms with Crippen LogP contribution in [0.15, 0.2) is 54.6 Å². The molecule has 0 saturated heterocycles. The average molecular weight is 366 g/mol. The van der Waals surface area contributed by atoms with Crippen LogP contribution in [-0.2, 0) is 27.2 Å². The predicted molar refractivity (Wildman–Crippen MR) is 104 cm³/mol. The molecule has 5 heteroatoms. The molecule has 0 fully saturated rings. The second-order valence-corrected chi connectivity index (χ2v) is 6.92. The van der Waals surface area contributed by atoms with Crippen LogP contribution in [-0.4, -0.2) is 31.0 Å². The monoisotopic (exact) mass is 366 g/mol. The number of hydrogen-bond acceptors (Lipinski definition) is 3. The SMILES string of the molecule is C[C@H](CCc1ccccc1)NC(=O)C(=O)NC[C@H]1OCCc2ccccc21. The Balaban J connectivity index is 1.43. The van der Waals surface area contributed by atoms with Crippen molar-refractivity contribution in [1.82, 2.24) is 10.6 Å². The third kappa shape index (κ3) is 5.41. The molecule has 1 heterocycles. The molecule has 3 rings (SSSR count). The highest BCUT2D eigenvalue weighted by Crippen LogP contribution is 2.26. The number of ether oxygens (including phenoxy) is 1. The summed E-state index contributed by atoms with van der Waals surface area (Å²) in [4.78, 5) is 24.2. The standard InChI is InChI=1S/C22H26N2O3/c1-16(11-12-17-7-3-2-4-8-17)24-22(26)21(25)23-15-20-19-10-6-5-9-18(19)13-14-27-20/h2-10,16,20H,11-15H2,1H3,(H,23,25)(H,24,26)/t16-,20-/m1/s1. The summed E-state index contributed by atoms with van der Waals surface area (Å²) in [6.07, 6.45) is 2.31. The Bertz CT molecular complexity index is 776. The van der Waals surface area contributed by atoms with E-state index in [0.717, 1.165) is 24.8 Å². The average Bonchev–Trinajstić information content (AvgIpc) is 2.71. The highest BCUT2D eigenvalue weighted by atomic mass is 16.5. The Labute approximate surface area is 160 Å². The Morgan fingerprint density at radius 3 is 2.63 bits per heavy atom. The fourth-order valence-electron chi connectivity index (χ4n) is 3.30. The van der Waals surface area contributed by atoms with Crippen molar-refractivity contribution in [3.63, 3.8) is 0 Å². The minimum atomic E-state index is -0.617. The molecule has 27 heavy (non-hydrogen) atoms. The molecule has 0 aliphatic carbocycles. The van der Waals surface area contributed by atoms with Gasteiger partial charge in [0.1, 0.15) is 6.10 Å². The first-order valence-electron chi connectivity index (χ1n) is 9.45. The van der Waals surface area contributed by atoms with Crippen LogP contribution in [0.4, 0.5) is 0 Å². The minimum absolute atomic E-state index is 0.0740. The van der Waals surface area contributed by atoms with Crippen molar-refractivity contribution in [2.45, 2.75) is 38.3 Å². The van der Waals surface area contributed by atoms with Crippen LogP contribution in [0.3, 0.4) is 0 Å². The molecule has 0 saturated carbocycles. The second kappa shape index (κ2) is 9.33. The number of benzene rings is 2. The van der Waals surface area contributed by atoms with E-state index < -0.39 is 11.8 Å². The molecule has 142 valence electrons. The van der Waals surface area contributed by atoms with Crippen LogP contribution in [0.2, 0.25) is 0 Å². The molecule has 2 aromatic carbocycles. The van der Waals surface area contributed by atoms with E-state index in [0.29, 0.717) is 13.2 Å². The molecule has 0 spiro atoms. The summed E-state index contributed by atoms with van der Waals surface area (Å²) in [5.74, 6) is -1.21. The largest absolute Gasteiger partial charge is 0.371 e. The Morgan fingerprint density at radius 2 is 1.81 bits per heavy atom. The maximum atomic E-state index is 12.1. The van der Waals surface area contributed by atoms with E-state index >= 15 is 0 Å². The highest BCUT2D eigenvalue weighted by molar-refractivity contribution is 6.35. The number of amides is 2. The summed E-state index contributed by atoms with van der Waals surface area (Å²) in [6, 6.07) is 18.1. The summed E-state index contributed by atoms with van der Waals surface area (Å²) in [7, 11) is 0. The third-order valence-electron chi connectivity index (χ3n) is 4.83. The van der Waals surface area contributed by atoms with Crippen molar-refractivity contribution < 1.29 is 14.3 Å². The first-order valence-corrected chi connectivity index (χ1v) is 9.45. The maximum Gasteiger partial charge on any atom is 0.309 e. The lowest BCUT2D eigenvalue weighted by atomic mass is 9.97. The van der Waals surface area contributed by atoms with Crippen LogP contribution < -0.4 is 10.6 Å². The van der Waals surface area contributed by atoms with Gasteiger partial charge in [-0.2, -0.15) is 0 Å². The topological polar surface area (TPSA) is 67.4 Å². The molecule has 0 unspecified atom stereocenters. The number of hydrogen-bond donors (Lipinski definition) is 2. The van der Waals surface area contributed by atoms with Gasteiger partial charge in [-0.05, 0) is 42.9 Å². The molecule has 5 nitrogen and oxygen atoms in total. The van der Waals surface area contributed by atoms with Gasteiger partial charge in [0.25, 0.3) is 0 Å². The van der Waals surface area contributed by atoms with Gasteiger partial charge in [0.05, 0.1) is 6.61 Å². The van der Waals surface area contributed by atoms with Gasteiger partial charge in [0, 0.05) is 12.6 Å². The number of aryl methyl sites for hydroxylation is 1. The van der Waals surface area contributed by atoms with E-state index in [1.807, 2.05) is 43.3 Å². The molecular weight excluding hydrogens is 340 g/mol. The second-order valence-electron chi connectivity index (χ2n) is 6.92. The van der Waals surface area contributed by atoms with Crippen LogP contribution in [0.25, 0.3) is 0 Å². The number of carbonyl (C=O) groups excluding carboxylic acids is 2. The highest BCUT2D eigenvalue weighted by Gasteiger charge is 2.23. The maximum absolute atomic E-state index is 12.1. The van der Waals surface area contributed by atoms with Gasteiger partial charge < -0.3 is 15.4 Å². The van der Waals surface area contributed by atoms with E-state index in [1.165, 1.54) is 11.1 Å². The summed E-state index contributed by atoms with van der Waals surface area (Å²) in [6.45, 7) is 2.83. The molecule has 1 aliphatic heterocycles. The van der Waals surface area contributed by atoms with Crippen molar-refractivity contribution in [3.8, 4) is 0 Å². The lowest BCUT2D eigenvalue weighted by Crippen LogP contribution is -2.45. The van der Waals surface area contributed by atoms with Crippen LogP contribution in [0, 0.1) is 0 Å². The van der Waals surface area contributed by atoms with E-state index in [2.05, 4.69) is 28.8 Å². The van der Waals surface area contributed by atoms with Crippen molar-refractivity contribution >= 4 is 11.8 Å². The van der Waals surface area contributed by atoms with Crippen molar-refractivity contribution in [3.05, 3.63) is 71.3 Å². The molecule has 2 N–H and O–H groups in total. The zero-order valence-corrected chi connectivity index (χ0v) is 15.6. The van der Waals surface area contributed by atoms with Crippen molar-refractivity contribution in [2.24, 2.45) is 0 Å². The van der Waals surface area contributed by atoms with Crippen molar-refractivity contribution in [2.75, 3.05) is 13.2 Å². The van der Waals surface area contributed by atoms with Crippen LogP contribution in [0.1, 0.15) is 36.1 Å². The van der Waals surface area contributed by atoms with Gasteiger partial charge in [-0.3, -0.25) is 9.59 Å². The first-order chi connectivity index (χ1) is 13.1. The van der Waals surface area contributed by atoms with Gasteiger partial charge in [0.15, 0.2) is 0 Å². The summed E-state index contributed by atoms with van der Waals surface area (Å²) >= 11 is 0. The Morgan fingerprint density at radius 1 is 1.07 bits per heavy atom. The molecule has 0 aromatic heterocycles. The number of carbonyl (C=O) groups is 2. The first kappa shape index (κ1) is 19.1. The Hall–Kier alpha value is -2.66. The number of fused-ring (bicyclic) bond motifs is 1. The van der Waals surface area contributed by atoms with Gasteiger partial charge in [-0.1, -0.05) is 54.6 Å². The molecule has 2 aromatic rings. The van der Waals surface area contributed by atoms with Gasteiger partial charge in [-0.25, -0.2) is 0 Å². The smallest absolute Gasteiger partial charge is 0.309 e. The zero-order valence-electron chi connectivity index (χ0n) is 15.6. The minimum Gasteiger partial charge on any atom is -0.371 e. The van der Waals surface area contributed by atoms with Crippen molar-refractivity contribution in [1.29, 1.82) is 0 Å². The van der Waals surface area contributed by atoms with Gasteiger partial charge in [0.2, 0.25) is 0 Å². The van der Waals surface area contributed by atoms with E-state index in [1.54, 1.807) is 0 Å². The van der Waals surface area contributed by atoms with Gasteiger partial charge >= 0.3 is 11.8 Å². The molecule has 2 amide bonds. The van der Waals surface area contributed by atoms with E-state index in [-0.39, 0.29) is 12.1 Å². The molecule has 0 radical (unpaired) electrons. The molecular formula is C22H26N2O3. The third-order valence-corrected chi connectivity index (χ3v) is 4.83. The van der Waals surface area contributed by atoms with E-state index in [9.17, 15) is 9.59 Å². The normalized spacial score (nSPS) is 16.9. The van der Waals surface area contributed by atoms with Crippen LogP contribution in [0.5, 0.6) is 0 Å². The molecule has 2 atom stereocenters. The molecule has 0 bridgehead atoms. The lowest BCUT2D eigenvalue weighted by molar-refractivity contribution is -0.140. The quantitative estimate of drug-likeness (QED) is 0.772. The zero-order chi connectivity index (χ0) is 19.1. The fourth-order valence-corrected chi connectivity index (χ4v) is 3.30. The van der Waals surface area contributed by atoms with E-state index in [4.69, 9.17) is 4.74 Å². The lowest BCUT2D eigenvalue weighted by Gasteiger charge is -2.26. The fraction of sp³-hybridized carbons (Fsp3) is 0.364. The summed E-state index contributed by atoms with van der Waals surface area (Å²) in [5, 5.41) is 5.46. The number of nitrogens with one attached hydrogen (secondary N) is 2. The summed E-state index contributed by atoms with van der Waals surface area (Å²) in [5.41, 5.74) is 3.54. The number of rotatable bonds is 6. The van der Waals surface area contributed by atoms with Crippen LogP contribution >= 0.6 is 0 Å². The Kier molecular flexibility index (Phi) is 6.60. The van der Waals surface area contributed by atoms with Gasteiger partial charge in [-0.15, -0.1) is 0 Å².